The lowest BCUT2D eigenvalue weighted by Gasteiger charge is -2.30. The van der Waals surface area contributed by atoms with Crippen molar-refractivity contribution in [2.24, 2.45) is 0 Å². The second-order valence-corrected chi connectivity index (χ2v) is 10.1. The molecular weight excluding hydrogens is 395 g/mol. The van der Waals surface area contributed by atoms with E-state index in [2.05, 4.69) is 9.84 Å². The van der Waals surface area contributed by atoms with Crippen molar-refractivity contribution in [3.8, 4) is 5.75 Å². The van der Waals surface area contributed by atoms with E-state index in [-0.39, 0.29) is 11.3 Å². The second kappa shape index (κ2) is 7.31. The summed E-state index contributed by atoms with van der Waals surface area (Å²) in [5.74, 6) is -0.401. The Morgan fingerprint density at radius 2 is 1.96 bits per heavy atom. The molecule has 0 amide bonds. The number of anilines is 1. The van der Waals surface area contributed by atoms with Gasteiger partial charge in [0.1, 0.15) is 17.4 Å². The molecule has 0 radical (unpaired) electrons. The van der Waals surface area contributed by atoms with E-state index in [1.807, 2.05) is 0 Å². The Labute approximate surface area is 162 Å². The molecular formula is C18H22F3N3O3S. The molecule has 1 fully saturated rings. The van der Waals surface area contributed by atoms with Gasteiger partial charge < -0.3 is 9.64 Å². The van der Waals surface area contributed by atoms with E-state index in [0.717, 1.165) is 22.3 Å². The Hall–Kier alpha value is -2.23. The lowest BCUT2D eigenvalue weighted by Crippen LogP contribution is -2.37. The summed E-state index contributed by atoms with van der Waals surface area (Å²) in [4.78, 5) is 1.74. The van der Waals surface area contributed by atoms with Crippen LogP contribution in [-0.4, -0.2) is 35.5 Å². The number of aromatic nitrogens is 2. The number of benzene rings is 1. The van der Waals surface area contributed by atoms with E-state index in [1.165, 1.54) is 6.20 Å². The van der Waals surface area contributed by atoms with Crippen LogP contribution in [0, 0.1) is 5.82 Å². The van der Waals surface area contributed by atoms with E-state index in [4.69, 9.17) is 0 Å². The molecule has 1 aliphatic heterocycles. The Balaban J connectivity index is 2.06. The number of hydrogen-bond donors (Lipinski definition) is 0. The lowest BCUT2D eigenvalue weighted by atomic mass is 10.0. The molecule has 28 heavy (non-hydrogen) atoms. The van der Waals surface area contributed by atoms with Gasteiger partial charge in [0.2, 0.25) is 0 Å². The highest BCUT2D eigenvalue weighted by Gasteiger charge is 2.37. The van der Waals surface area contributed by atoms with Gasteiger partial charge in [-0.05, 0) is 51.8 Å². The molecule has 1 aromatic carbocycles. The molecule has 1 aliphatic rings. The van der Waals surface area contributed by atoms with E-state index in [0.29, 0.717) is 25.2 Å². The van der Waals surface area contributed by atoms with Gasteiger partial charge >= 0.3 is 6.61 Å². The molecule has 1 unspecified atom stereocenters. The first-order valence-corrected chi connectivity index (χ1v) is 10.3. The van der Waals surface area contributed by atoms with Crippen LogP contribution in [0.4, 0.5) is 19.0 Å². The summed E-state index contributed by atoms with van der Waals surface area (Å²) in [6.45, 7) is 2.12. The average Bonchev–Trinajstić information content (AvgIpc) is 3.23. The van der Waals surface area contributed by atoms with Crippen molar-refractivity contribution in [3.05, 3.63) is 41.8 Å². The molecule has 10 heteroatoms. The van der Waals surface area contributed by atoms with Crippen LogP contribution in [0.2, 0.25) is 0 Å². The number of nitrogens with zero attached hydrogens (tertiary/aromatic N) is 3. The van der Waals surface area contributed by atoms with E-state index < -0.39 is 33.2 Å². The van der Waals surface area contributed by atoms with E-state index in [1.54, 1.807) is 31.7 Å². The third kappa shape index (κ3) is 3.69. The lowest BCUT2D eigenvalue weighted by molar-refractivity contribution is -0.0506. The summed E-state index contributed by atoms with van der Waals surface area (Å²) in [6, 6.07) is 4.40. The van der Waals surface area contributed by atoms with Gasteiger partial charge in [-0.1, -0.05) is 0 Å². The normalized spacial score (nSPS) is 18.1. The van der Waals surface area contributed by atoms with Gasteiger partial charge in [0.25, 0.3) is 10.0 Å². The molecule has 1 atom stereocenters. The molecule has 0 aliphatic carbocycles. The third-order valence-electron chi connectivity index (χ3n) is 4.69. The Morgan fingerprint density at radius 1 is 1.25 bits per heavy atom. The van der Waals surface area contributed by atoms with Crippen LogP contribution in [0.15, 0.2) is 30.5 Å². The van der Waals surface area contributed by atoms with Crippen molar-refractivity contribution in [1.29, 1.82) is 0 Å². The van der Waals surface area contributed by atoms with Crippen LogP contribution in [0.3, 0.4) is 0 Å². The third-order valence-corrected chi connectivity index (χ3v) is 6.97. The first-order valence-electron chi connectivity index (χ1n) is 8.82. The highest BCUT2D eigenvalue weighted by atomic mass is 32.2. The Bertz CT molecular complexity index is 954. The van der Waals surface area contributed by atoms with Crippen LogP contribution in [0.25, 0.3) is 0 Å². The summed E-state index contributed by atoms with van der Waals surface area (Å²) < 4.78 is 69.6. The number of ether oxygens (including phenoxy) is 1. The van der Waals surface area contributed by atoms with Crippen LogP contribution in [-0.2, 0) is 10.0 Å². The van der Waals surface area contributed by atoms with Gasteiger partial charge in [-0.3, -0.25) is 0 Å². The van der Waals surface area contributed by atoms with Crippen LogP contribution in [0.1, 0.15) is 45.2 Å². The molecule has 0 saturated carbocycles. The monoisotopic (exact) mass is 417 g/mol. The summed E-state index contributed by atoms with van der Waals surface area (Å²) in [7, 11) is -3.81. The molecule has 6 nitrogen and oxygen atoms in total. The van der Waals surface area contributed by atoms with Crippen LogP contribution in [0.5, 0.6) is 5.75 Å². The zero-order valence-electron chi connectivity index (χ0n) is 15.8. The molecule has 3 rings (SSSR count). The maximum atomic E-state index is 13.9. The van der Waals surface area contributed by atoms with Crippen molar-refractivity contribution in [1.82, 2.24) is 9.19 Å². The van der Waals surface area contributed by atoms with Crippen molar-refractivity contribution in [2.45, 2.75) is 51.0 Å². The molecule has 0 bridgehead atoms. The van der Waals surface area contributed by atoms with Gasteiger partial charge in [0.05, 0.1) is 17.0 Å². The predicted octanol–water partition coefficient (Wildman–Crippen LogP) is 3.94. The number of hydrogen-bond acceptors (Lipinski definition) is 5. The van der Waals surface area contributed by atoms with Gasteiger partial charge in [-0.25, -0.2) is 12.8 Å². The Morgan fingerprint density at radius 3 is 2.61 bits per heavy atom. The van der Waals surface area contributed by atoms with Crippen molar-refractivity contribution >= 4 is 15.8 Å². The smallest absolute Gasteiger partial charge is 0.387 e. The number of rotatable bonds is 5. The topological polar surface area (TPSA) is 64.4 Å². The summed E-state index contributed by atoms with van der Waals surface area (Å²) >= 11 is 0. The van der Waals surface area contributed by atoms with Crippen molar-refractivity contribution in [3.63, 3.8) is 0 Å². The predicted molar refractivity (Wildman–Crippen MR) is 98.7 cm³/mol. The molecule has 2 aromatic rings. The van der Waals surface area contributed by atoms with Gasteiger partial charge in [0, 0.05) is 18.2 Å². The minimum atomic E-state index is -3.81. The fraction of sp³-hybridized carbons (Fsp3) is 0.500. The SMILES string of the molecule is CC(C)(C)S(=O)(=O)n1nccc1N1CCCC1c1cc(F)ccc1OC(F)F. The fourth-order valence-corrected chi connectivity index (χ4v) is 4.39. The van der Waals surface area contributed by atoms with Crippen molar-refractivity contribution < 1.29 is 26.3 Å². The molecule has 0 N–H and O–H groups in total. The summed E-state index contributed by atoms with van der Waals surface area (Å²) in [5, 5.41) is 3.98. The second-order valence-electron chi connectivity index (χ2n) is 7.56. The van der Waals surface area contributed by atoms with E-state index in [9.17, 15) is 21.6 Å². The summed E-state index contributed by atoms with van der Waals surface area (Å²) in [6.07, 6.45) is 2.58. The van der Waals surface area contributed by atoms with Crippen LogP contribution >= 0.6 is 0 Å². The fourth-order valence-electron chi connectivity index (χ4n) is 3.28. The molecule has 2 heterocycles. The quantitative estimate of drug-likeness (QED) is 0.737. The first kappa shape index (κ1) is 20.5. The Kier molecular flexibility index (Phi) is 5.35. The minimum Gasteiger partial charge on any atom is -0.434 e. The van der Waals surface area contributed by atoms with Gasteiger partial charge in [-0.15, -0.1) is 4.09 Å². The van der Waals surface area contributed by atoms with Gasteiger partial charge in [-0.2, -0.15) is 13.9 Å². The zero-order chi connectivity index (χ0) is 20.7. The number of halogens is 3. The zero-order valence-corrected chi connectivity index (χ0v) is 16.6. The highest BCUT2D eigenvalue weighted by molar-refractivity contribution is 7.91. The molecule has 0 spiro atoms. The first-order chi connectivity index (χ1) is 13.0. The minimum absolute atomic E-state index is 0.127. The molecule has 1 aromatic heterocycles. The highest BCUT2D eigenvalue weighted by Crippen LogP contribution is 2.41. The van der Waals surface area contributed by atoms with Gasteiger partial charge in [0.15, 0.2) is 0 Å². The maximum Gasteiger partial charge on any atom is 0.387 e. The summed E-state index contributed by atoms with van der Waals surface area (Å²) in [5.41, 5.74) is 0.249. The largest absolute Gasteiger partial charge is 0.434 e. The van der Waals surface area contributed by atoms with E-state index >= 15 is 0 Å². The molecule has 1 saturated heterocycles. The van der Waals surface area contributed by atoms with Crippen molar-refractivity contribution in [2.75, 3.05) is 11.4 Å². The maximum absolute atomic E-state index is 13.9. The van der Waals surface area contributed by atoms with Crippen LogP contribution < -0.4 is 9.64 Å². The standard InChI is InChI=1S/C18H22F3N3O3S/c1-18(2,3)28(25,26)24-16(8-9-22-24)23-10-4-5-14(23)13-11-12(19)6-7-15(13)27-17(20)21/h6-9,11,14,17H,4-5,10H2,1-3H3. The number of alkyl halides is 2. The molecule has 154 valence electrons. The average molecular weight is 417 g/mol.